The van der Waals surface area contributed by atoms with Crippen LogP contribution in [-0.2, 0) is 5.41 Å². The molecule has 0 saturated heterocycles. The summed E-state index contributed by atoms with van der Waals surface area (Å²) < 4.78 is 1.12. The molecule has 0 atom stereocenters. The van der Waals surface area contributed by atoms with Crippen LogP contribution in [0, 0.1) is 0 Å². The lowest BCUT2D eigenvalue weighted by Gasteiger charge is -2.29. The van der Waals surface area contributed by atoms with Gasteiger partial charge in [0.15, 0.2) is 0 Å². The largest absolute Gasteiger partial charge is 0.310 e. The highest BCUT2D eigenvalue weighted by molar-refractivity contribution is 9.10. The third kappa shape index (κ3) is 3.36. The molecule has 178 valence electrons. The number of hydrogen-bond acceptors (Lipinski definition) is 1. The van der Waals surface area contributed by atoms with Crippen LogP contribution >= 0.6 is 15.9 Å². The number of halogens is 1. The highest BCUT2D eigenvalue weighted by Gasteiger charge is 2.35. The molecule has 2 heteroatoms. The number of anilines is 3. The van der Waals surface area contributed by atoms with E-state index in [1.807, 2.05) is 0 Å². The molecule has 37 heavy (non-hydrogen) atoms. The lowest BCUT2D eigenvalue weighted by atomic mass is 9.82. The van der Waals surface area contributed by atoms with Gasteiger partial charge in [-0.15, -0.1) is 0 Å². The van der Waals surface area contributed by atoms with Crippen molar-refractivity contribution in [3.05, 3.63) is 137 Å². The molecule has 0 N–H and O–H groups in total. The Balaban J connectivity index is 1.49. The van der Waals surface area contributed by atoms with Gasteiger partial charge in [0.25, 0.3) is 0 Å². The Bertz CT molecular complexity index is 1820. The maximum absolute atomic E-state index is 3.74. The lowest BCUT2D eigenvalue weighted by molar-refractivity contribution is 0.660. The van der Waals surface area contributed by atoms with Gasteiger partial charge < -0.3 is 4.90 Å². The van der Waals surface area contributed by atoms with Crippen LogP contribution in [0.4, 0.5) is 17.1 Å². The highest BCUT2D eigenvalue weighted by atomic mass is 79.9. The van der Waals surface area contributed by atoms with Crippen LogP contribution in [0.3, 0.4) is 0 Å². The van der Waals surface area contributed by atoms with Crippen molar-refractivity contribution in [2.75, 3.05) is 4.90 Å². The zero-order valence-electron chi connectivity index (χ0n) is 20.9. The maximum atomic E-state index is 3.74. The summed E-state index contributed by atoms with van der Waals surface area (Å²) in [6.07, 6.45) is 0. The smallest absolute Gasteiger partial charge is 0.0540 e. The van der Waals surface area contributed by atoms with Crippen molar-refractivity contribution < 1.29 is 0 Å². The molecule has 0 fully saturated rings. The Morgan fingerprint density at radius 3 is 2.03 bits per heavy atom. The summed E-state index contributed by atoms with van der Waals surface area (Å²) in [7, 11) is 0. The van der Waals surface area contributed by atoms with E-state index in [9.17, 15) is 0 Å². The van der Waals surface area contributed by atoms with E-state index in [1.54, 1.807) is 0 Å². The van der Waals surface area contributed by atoms with Crippen molar-refractivity contribution >= 4 is 54.5 Å². The molecular weight excluding hydrogens is 514 g/mol. The first-order valence-corrected chi connectivity index (χ1v) is 13.5. The van der Waals surface area contributed by atoms with Crippen LogP contribution in [-0.4, -0.2) is 0 Å². The third-order valence-corrected chi connectivity index (χ3v) is 8.61. The average Bonchev–Trinajstić information content (AvgIpc) is 3.16. The van der Waals surface area contributed by atoms with Gasteiger partial charge in [0.2, 0.25) is 0 Å². The summed E-state index contributed by atoms with van der Waals surface area (Å²) in [5.74, 6) is 0. The number of fused-ring (bicyclic) bond motifs is 6. The van der Waals surface area contributed by atoms with Crippen molar-refractivity contribution in [3.8, 4) is 11.1 Å². The SMILES string of the molecule is CC1(C)c2ccccc2-c2ccc(N(c3ccccc3)c3cccc4c3ccc3c(Br)cccc34)cc21. The quantitative estimate of drug-likeness (QED) is 0.202. The number of nitrogens with zero attached hydrogens (tertiary/aromatic N) is 1. The molecule has 7 rings (SSSR count). The van der Waals surface area contributed by atoms with E-state index in [2.05, 4.69) is 156 Å². The minimum Gasteiger partial charge on any atom is -0.310 e. The first-order valence-electron chi connectivity index (χ1n) is 12.7. The average molecular weight is 541 g/mol. The number of rotatable bonds is 3. The van der Waals surface area contributed by atoms with E-state index < -0.39 is 0 Å². The molecule has 6 aromatic carbocycles. The molecule has 0 unspecified atom stereocenters. The van der Waals surface area contributed by atoms with Crippen LogP contribution in [0.2, 0.25) is 0 Å². The van der Waals surface area contributed by atoms with Crippen LogP contribution in [0.15, 0.2) is 126 Å². The van der Waals surface area contributed by atoms with Crippen molar-refractivity contribution in [1.29, 1.82) is 0 Å². The molecule has 1 nitrogen and oxygen atoms in total. The van der Waals surface area contributed by atoms with E-state index in [4.69, 9.17) is 0 Å². The van der Waals surface area contributed by atoms with Crippen molar-refractivity contribution in [1.82, 2.24) is 0 Å². The predicted molar refractivity (Wildman–Crippen MR) is 161 cm³/mol. The molecule has 0 heterocycles. The molecule has 0 radical (unpaired) electrons. The fraction of sp³-hybridized carbons (Fsp3) is 0.0857. The molecule has 1 aliphatic carbocycles. The van der Waals surface area contributed by atoms with E-state index >= 15 is 0 Å². The van der Waals surface area contributed by atoms with Gasteiger partial charge >= 0.3 is 0 Å². The summed E-state index contributed by atoms with van der Waals surface area (Å²) in [5.41, 5.74) is 8.92. The lowest BCUT2D eigenvalue weighted by Crippen LogP contribution is -2.16. The molecule has 0 aliphatic heterocycles. The second-order valence-corrected chi connectivity index (χ2v) is 11.2. The molecule has 0 saturated carbocycles. The Morgan fingerprint density at radius 2 is 1.19 bits per heavy atom. The molecule has 0 aromatic heterocycles. The first-order chi connectivity index (χ1) is 18.0. The minimum absolute atomic E-state index is 0.0501. The van der Waals surface area contributed by atoms with Crippen LogP contribution in [0.25, 0.3) is 32.7 Å². The Morgan fingerprint density at radius 1 is 0.514 bits per heavy atom. The standard InChI is InChI=1S/C35H26BrN/c1-35(2)31-15-7-6-12-27(31)28-19-18-24(22-32(28)35)37(23-10-4-3-5-11-23)34-17-9-14-26-25-13-8-16-33(36)29(25)20-21-30(26)34/h3-22H,1-2H3. The predicted octanol–water partition coefficient (Wildman–Crippen LogP) is 10.5. The van der Waals surface area contributed by atoms with Gasteiger partial charge in [0.05, 0.1) is 5.69 Å². The summed E-state index contributed by atoms with van der Waals surface area (Å²) in [6.45, 7) is 4.69. The minimum atomic E-state index is -0.0501. The topological polar surface area (TPSA) is 3.24 Å². The van der Waals surface area contributed by atoms with Crippen molar-refractivity contribution in [2.24, 2.45) is 0 Å². The first kappa shape index (κ1) is 22.3. The normalized spacial score (nSPS) is 13.5. The van der Waals surface area contributed by atoms with Crippen molar-refractivity contribution in [3.63, 3.8) is 0 Å². The third-order valence-electron chi connectivity index (χ3n) is 7.92. The number of benzene rings is 6. The summed E-state index contributed by atoms with van der Waals surface area (Å²) in [4.78, 5) is 2.41. The molecule has 6 aromatic rings. The molecule has 0 spiro atoms. The summed E-state index contributed by atoms with van der Waals surface area (Å²) in [5, 5.41) is 4.98. The second-order valence-electron chi connectivity index (χ2n) is 10.3. The molecule has 0 bridgehead atoms. The monoisotopic (exact) mass is 539 g/mol. The zero-order valence-corrected chi connectivity index (χ0v) is 22.5. The van der Waals surface area contributed by atoms with E-state index in [0.717, 1.165) is 10.2 Å². The maximum Gasteiger partial charge on any atom is 0.0540 e. The highest BCUT2D eigenvalue weighted by Crippen LogP contribution is 2.51. The summed E-state index contributed by atoms with van der Waals surface area (Å²) >= 11 is 3.74. The van der Waals surface area contributed by atoms with Crippen LogP contribution < -0.4 is 4.90 Å². The Labute approximate surface area is 226 Å². The van der Waals surface area contributed by atoms with Gasteiger partial charge in [-0.25, -0.2) is 0 Å². The number of hydrogen-bond donors (Lipinski definition) is 0. The van der Waals surface area contributed by atoms with Gasteiger partial charge in [-0.2, -0.15) is 0 Å². The number of para-hydroxylation sites is 1. The van der Waals surface area contributed by atoms with Gasteiger partial charge in [-0.05, 0) is 74.8 Å². The van der Waals surface area contributed by atoms with E-state index in [-0.39, 0.29) is 5.41 Å². The molecule has 1 aliphatic rings. The fourth-order valence-electron chi connectivity index (χ4n) is 6.10. The Hall–Kier alpha value is -3.88. The molecular formula is C35H26BrN. The second kappa shape index (κ2) is 8.33. The van der Waals surface area contributed by atoms with Crippen molar-refractivity contribution in [2.45, 2.75) is 19.3 Å². The van der Waals surface area contributed by atoms with E-state index in [0.29, 0.717) is 0 Å². The van der Waals surface area contributed by atoms with Gasteiger partial charge in [0, 0.05) is 26.6 Å². The van der Waals surface area contributed by atoms with Crippen LogP contribution in [0.1, 0.15) is 25.0 Å². The van der Waals surface area contributed by atoms with Gasteiger partial charge in [0.1, 0.15) is 0 Å². The zero-order chi connectivity index (χ0) is 25.1. The summed E-state index contributed by atoms with van der Waals surface area (Å²) in [6, 6.07) is 44.1. The van der Waals surface area contributed by atoms with Gasteiger partial charge in [-0.3, -0.25) is 0 Å². The Kier molecular flexibility index (Phi) is 5.02. The van der Waals surface area contributed by atoms with Gasteiger partial charge in [-0.1, -0.05) is 115 Å². The van der Waals surface area contributed by atoms with Crippen LogP contribution in [0.5, 0.6) is 0 Å². The van der Waals surface area contributed by atoms with E-state index in [1.165, 1.54) is 55.2 Å². The molecule has 0 amide bonds. The fourth-order valence-corrected chi connectivity index (χ4v) is 6.60.